The average molecular weight is 273 g/mol. The average Bonchev–Trinajstić information content (AvgIpc) is 2.27. The highest BCUT2D eigenvalue weighted by Crippen LogP contribution is 2.15. The SMILES string of the molecule is CCOC(C)(C)CNS(=O)(=O)c1ccc(O)cc1. The Hall–Kier alpha value is -1.11. The van der Waals surface area contributed by atoms with E-state index in [4.69, 9.17) is 9.84 Å². The van der Waals surface area contributed by atoms with Crippen molar-refractivity contribution in [3.63, 3.8) is 0 Å². The summed E-state index contributed by atoms with van der Waals surface area (Å²) >= 11 is 0. The smallest absolute Gasteiger partial charge is 0.240 e. The molecule has 1 rings (SSSR count). The Morgan fingerprint density at radius 3 is 2.33 bits per heavy atom. The number of phenols is 1. The summed E-state index contributed by atoms with van der Waals surface area (Å²) in [5.74, 6) is 0.0311. The molecule has 0 saturated carbocycles. The van der Waals surface area contributed by atoms with E-state index in [2.05, 4.69) is 4.72 Å². The van der Waals surface area contributed by atoms with Gasteiger partial charge in [-0.3, -0.25) is 0 Å². The highest BCUT2D eigenvalue weighted by Gasteiger charge is 2.22. The monoisotopic (exact) mass is 273 g/mol. The van der Waals surface area contributed by atoms with Crippen LogP contribution in [-0.2, 0) is 14.8 Å². The highest BCUT2D eigenvalue weighted by atomic mass is 32.2. The summed E-state index contributed by atoms with van der Waals surface area (Å²) in [6.07, 6.45) is 0. The van der Waals surface area contributed by atoms with Gasteiger partial charge < -0.3 is 9.84 Å². The quantitative estimate of drug-likeness (QED) is 0.823. The number of ether oxygens (including phenoxy) is 1. The maximum atomic E-state index is 11.9. The number of nitrogens with one attached hydrogen (secondary N) is 1. The van der Waals surface area contributed by atoms with E-state index >= 15 is 0 Å². The van der Waals surface area contributed by atoms with Gasteiger partial charge in [0, 0.05) is 13.2 Å². The van der Waals surface area contributed by atoms with Crippen LogP contribution in [0.3, 0.4) is 0 Å². The molecule has 0 radical (unpaired) electrons. The van der Waals surface area contributed by atoms with Gasteiger partial charge in [0.15, 0.2) is 0 Å². The fraction of sp³-hybridized carbons (Fsp3) is 0.500. The standard InChI is InChI=1S/C12H19NO4S/c1-4-17-12(2,3)9-13-18(15,16)11-7-5-10(14)6-8-11/h5-8,13-14H,4,9H2,1-3H3. The van der Waals surface area contributed by atoms with Crippen molar-refractivity contribution < 1.29 is 18.3 Å². The molecule has 102 valence electrons. The van der Waals surface area contributed by atoms with Crippen molar-refractivity contribution in [2.75, 3.05) is 13.2 Å². The van der Waals surface area contributed by atoms with Crippen LogP contribution in [0.15, 0.2) is 29.2 Å². The van der Waals surface area contributed by atoms with Crippen LogP contribution in [0, 0.1) is 0 Å². The predicted octanol–water partition coefficient (Wildman–Crippen LogP) is 1.49. The van der Waals surface area contributed by atoms with Gasteiger partial charge in [-0.25, -0.2) is 13.1 Å². The number of hydrogen-bond acceptors (Lipinski definition) is 4. The molecule has 0 unspecified atom stereocenters. The van der Waals surface area contributed by atoms with Gasteiger partial charge in [-0.15, -0.1) is 0 Å². The van der Waals surface area contributed by atoms with Crippen LogP contribution in [-0.4, -0.2) is 32.3 Å². The van der Waals surface area contributed by atoms with E-state index in [1.807, 2.05) is 20.8 Å². The molecule has 2 N–H and O–H groups in total. The summed E-state index contributed by atoms with van der Waals surface area (Å²) in [5, 5.41) is 9.12. The molecule has 0 fully saturated rings. The van der Waals surface area contributed by atoms with Crippen molar-refractivity contribution in [1.29, 1.82) is 0 Å². The Bertz CT molecular complexity index is 479. The number of phenolic OH excluding ortho intramolecular Hbond substituents is 1. The molecule has 0 atom stereocenters. The molecular weight excluding hydrogens is 254 g/mol. The lowest BCUT2D eigenvalue weighted by molar-refractivity contribution is -0.00515. The zero-order valence-electron chi connectivity index (χ0n) is 10.8. The Balaban J connectivity index is 2.74. The van der Waals surface area contributed by atoms with Gasteiger partial charge in [0.2, 0.25) is 10.0 Å². The number of benzene rings is 1. The minimum Gasteiger partial charge on any atom is -0.508 e. The molecule has 0 amide bonds. The van der Waals surface area contributed by atoms with E-state index in [0.29, 0.717) is 6.61 Å². The Kier molecular flexibility index (Phi) is 4.72. The van der Waals surface area contributed by atoms with Crippen molar-refractivity contribution in [3.05, 3.63) is 24.3 Å². The maximum Gasteiger partial charge on any atom is 0.240 e. The third kappa shape index (κ3) is 4.29. The van der Waals surface area contributed by atoms with E-state index in [0.717, 1.165) is 0 Å². The van der Waals surface area contributed by atoms with Gasteiger partial charge in [0.05, 0.1) is 10.5 Å². The molecule has 1 aromatic rings. The first-order valence-electron chi connectivity index (χ1n) is 5.69. The molecular formula is C12H19NO4S. The van der Waals surface area contributed by atoms with Crippen molar-refractivity contribution in [2.24, 2.45) is 0 Å². The van der Waals surface area contributed by atoms with E-state index in [1.165, 1.54) is 24.3 Å². The van der Waals surface area contributed by atoms with E-state index in [-0.39, 0.29) is 17.2 Å². The molecule has 0 spiro atoms. The van der Waals surface area contributed by atoms with E-state index in [1.54, 1.807) is 0 Å². The second kappa shape index (κ2) is 5.69. The lowest BCUT2D eigenvalue weighted by Gasteiger charge is -2.24. The van der Waals surface area contributed by atoms with Gasteiger partial charge in [0.1, 0.15) is 5.75 Å². The van der Waals surface area contributed by atoms with E-state index in [9.17, 15) is 8.42 Å². The summed E-state index contributed by atoms with van der Waals surface area (Å²) in [5.41, 5.74) is -0.557. The van der Waals surface area contributed by atoms with Crippen molar-refractivity contribution in [3.8, 4) is 5.75 Å². The van der Waals surface area contributed by atoms with Gasteiger partial charge in [0.25, 0.3) is 0 Å². The van der Waals surface area contributed by atoms with Crippen LogP contribution < -0.4 is 4.72 Å². The first-order chi connectivity index (χ1) is 8.27. The third-order valence-electron chi connectivity index (χ3n) is 2.37. The zero-order chi connectivity index (χ0) is 13.8. The Morgan fingerprint density at radius 1 is 1.28 bits per heavy atom. The normalized spacial score (nSPS) is 12.6. The van der Waals surface area contributed by atoms with Crippen LogP contribution in [0.5, 0.6) is 5.75 Å². The molecule has 6 heteroatoms. The molecule has 0 saturated heterocycles. The van der Waals surface area contributed by atoms with Crippen molar-refractivity contribution in [1.82, 2.24) is 4.72 Å². The van der Waals surface area contributed by atoms with Crippen LogP contribution in [0.1, 0.15) is 20.8 Å². The fourth-order valence-electron chi connectivity index (χ4n) is 1.42. The molecule has 1 aromatic carbocycles. The molecule has 18 heavy (non-hydrogen) atoms. The first-order valence-corrected chi connectivity index (χ1v) is 7.18. The number of rotatable bonds is 6. The summed E-state index contributed by atoms with van der Waals surface area (Å²) in [4.78, 5) is 0.118. The van der Waals surface area contributed by atoms with Gasteiger partial charge in [-0.05, 0) is 45.0 Å². The zero-order valence-corrected chi connectivity index (χ0v) is 11.6. The Labute approximate surface area is 108 Å². The molecule has 0 aliphatic carbocycles. The number of aromatic hydroxyl groups is 1. The van der Waals surface area contributed by atoms with Crippen molar-refractivity contribution in [2.45, 2.75) is 31.3 Å². The minimum absolute atomic E-state index is 0.0311. The second-order valence-corrected chi connectivity index (χ2v) is 6.28. The third-order valence-corrected chi connectivity index (χ3v) is 3.79. The number of sulfonamides is 1. The molecule has 0 aliphatic heterocycles. The van der Waals surface area contributed by atoms with Crippen LogP contribution in [0.25, 0.3) is 0 Å². The van der Waals surface area contributed by atoms with Crippen LogP contribution >= 0.6 is 0 Å². The molecule has 0 aromatic heterocycles. The second-order valence-electron chi connectivity index (χ2n) is 4.51. The first kappa shape index (κ1) is 14.9. The highest BCUT2D eigenvalue weighted by molar-refractivity contribution is 7.89. The van der Waals surface area contributed by atoms with Gasteiger partial charge >= 0.3 is 0 Å². The lowest BCUT2D eigenvalue weighted by atomic mass is 10.1. The fourth-order valence-corrected chi connectivity index (χ4v) is 2.62. The van der Waals surface area contributed by atoms with Gasteiger partial charge in [-0.1, -0.05) is 0 Å². The summed E-state index contributed by atoms with van der Waals surface area (Å²) in [6, 6.07) is 5.38. The predicted molar refractivity (Wildman–Crippen MR) is 69.0 cm³/mol. The summed E-state index contributed by atoms with van der Waals surface area (Å²) in [6.45, 7) is 6.19. The summed E-state index contributed by atoms with van der Waals surface area (Å²) < 4.78 is 31.8. The molecule has 0 aliphatic rings. The topological polar surface area (TPSA) is 75.6 Å². The maximum absolute atomic E-state index is 11.9. The van der Waals surface area contributed by atoms with E-state index < -0.39 is 15.6 Å². The minimum atomic E-state index is -3.57. The van der Waals surface area contributed by atoms with Gasteiger partial charge in [-0.2, -0.15) is 0 Å². The lowest BCUT2D eigenvalue weighted by Crippen LogP contribution is -2.40. The largest absolute Gasteiger partial charge is 0.508 e. The number of hydrogen-bond donors (Lipinski definition) is 2. The van der Waals surface area contributed by atoms with Crippen molar-refractivity contribution >= 4 is 10.0 Å². The summed E-state index contributed by atoms with van der Waals surface area (Å²) in [7, 11) is -3.57. The molecule has 5 nitrogen and oxygen atoms in total. The molecule has 0 bridgehead atoms. The van der Waals surface area contributed by atoms with Crippen LogP contribution in [0.2, 0.25) is 0 Å². The molecule has 0 heterocycles. The van der Waals surface area contributed by atoms with Crippen LogP contribution in [0.4, 0.5) is 0 Å². The Morgan fingerprint density at radius 2 is 1.83 bits per heavy atom.